The molecule has 2 nitrogen and oxygen atoms in total. The van der Waals surface area contributed by atoms with Crippen LogP contribution in [0.25, 0.3) is 0 Å². The van der Waals surface area contributed by atoms with Gasteiger partial charge in [0.05, 0.1) is 5.60 Å². The van der Waals surface area contributed by atoms with Gasteiger partial charge >= 0.3 is 0 Å². The molecule has 0 radical (unpaired) electrons. The normalized spacial score (nSPS) is 11.7. The lowest BCUT2D eigenvalue weighted by molar-refractivity contribution is -0.356. The molecule has 0 heterocycles. The van der Waals surface area contributed by atoms with Crippen molar-refractivity contribution in [3.63, 3.8) is 0 Å². The highest BCUT2D eigenvalue weighted by atomic mass is 35.5. The monoisotopic (exact) mass is 214 g/mol. The largest absolute Gasteiger partial charge is 0.231 e. The average molecular weight is 215 g/mol. The van der Waals surface area contributed by atoms with Crippen molar-refractivity contribution < 1.29 is 9.78 Å². The molecule has 78 valence electrons. The molecule has 0 unspecified atom stereocenters. The summed E-state index contributed by atoms with van der Waals surface area (Å²) in [5.74, 6) is 0. The van der Waals surface area contributed by atoms with Crippen LogP contribution < -0.4 is 0 Å². The van der Waals surface area contributed by atoms with Crippen molar-refractivity contribution in [2.45, 2.75) is 33.0 Å². The van der Waals surface area contributed by atoms with E-state index in [1.165, 1.54) is 0 Å². The van der Waals surface area contributed by atoms with Gasteiger partial charge in [0, 0.05) is 5.02 Å². The zero-order chi connectivity index (χ0) is 10.6. The molecule has 0 aromatic heterocycles. The molecular weight excluding hydrogens is 200 g/mol. The van der Waals surface area contributed by atoms with E-state index in [4.69, 9.17) is 21.4 Å². The fourth-order valence-corrected chi connectivity index (χ4v) is 1.08. The highest BCUT2D eigenvalue weighted by Gasteiger charge is 2.11. The van der Waals surface area contributed by atoms with Crippen LogP contribution in [0.4, 0.5) is 0 Å². The molecule has 0 atom stereocenters. The van der Waals surface area contributed by atoms with Crippen molar-refractivity contribution in [3.8, 4) is 0 Å². The Morgan fingerprint density at radius 2 is 1.86 bits per heavy atom. The molecule has 0 aliphatic rings. The number of benzene rings is 1. The van der Waals surface area contributed by atoms with Crippen LogP contribution in [0.3, 0.4) is 0 Å². The first kappa shape index (κ1) is 11.5. The van der Waals surface area contributed by atoms with E-state index in [1.807, 2.05) is 45.0 Å². The van der Waals surface area contributed by atoms with Gasteiger partial charge in [-0.15, -0.1) is 0 Å². The van der Waals surface area contributed by atoms with Gasteiger partial charge in [0.1, 0.15) is 6.61 Å². The van der Waals surface area contributed by atoms with Crippen LogP contribution >= 0.6 is 11.6 Å². The minimum Gasteiger partial charge on any atom is -0.231 e. The van der Waals surface area contributed by atoms with Crippen LogP contribution in [0.2, 0.25) is 5.02 Å². The van der Waals surface area contributed by atoms with Crippen molar-refractivity contribution in [3.05, 3.63) is 34.9 Å². The van der Waals surface area contributed by atoms with Gasteiger partial charge in [0.2, 0.25) is 0 Å². The second kappa shape index (κ2) is 4.78. The van der Waals surface area contributed by atoms with E-state index in [0.29, 0.717) is 11.6 Å². The molecule has 0 amide bonds. The molecule has 3 heteroatoms. The van der Waals surface area contributed by atoms with E-state index in [2.05, 4.69) is 0 Å². The summed E-state index contributed by atoms with van der Waals surface area (Å²) in [7, 11) is 0. The number of hydrogen-bond donors (Lipinski definition) is 0. The highest BCUT2D eigenvalue weighted by Crippen LogP contribution is 2.17. The zero-order valence-corrected chi connectivity index (χ0v) is 9.47. The molecule has 0 bridgehead atoms. The fraction of sp³-hybridized carbons (Fsp3) is 0.455. The smallest absolute Gasteiger partial charge is 0.109 e. The Bertz CT molecular complexity index is 292. The SMILES string of the molecule is CC(C)(C)OOCc1ccccc1Cl. The van der Waals surface area contributed by atoms with Crippen molar-refractivity contribution >= 4 is 11.6 Å². The molecule has 0 aliphatic heterocycles. The molecule has 0 saturated heterocycles. The van der Waals surface area contributed by atoms with Gasteiger partial charge in [-0.1, -0.05) is 29.8 Å². The van der Waals surface area contributed by atoms with Crippen LogP contribution in [-0.2, 0) is 16.4 Å². The average Bonchev–Trinajstić information content (AvgIpc) is 2.06. The molecular formula is C11H15ClO2. The summed E-state index contributed by atoms with van der Waals surface area (Å²) in [6.07, 6.45) is 0. The van der Waals surface area contributed by atoms with Crippen LogP contribution in [-0.4, -0.2) is 5.60 Å². The Morgan fingerprint density at radius 3 is 2.43 bits per heavy atom. The molecule has 0 saturated carbocycles. The third-order valence-electron chi connectivity index (χ3n) is 1.48. The molecule has 1 aromatic carbocycles. The van der Waals surface area contributed by atoms with Crippen molar-refractivity contribution in [1.29, 1.82) is 0 Å². The van der Waals surface area contributed by atoms with E-state index in [1.54, 1.807) is 0 Å². The molecule has 0 spiro atoms. The number of rotatable bonds is 3. The molecule has 0 N–H and O–H groups in total. The Balaban J connectivity index is 2.43. The standard InChI is InChI=1S/C11H15ClO2/c1-11(2,3)14-13-8-9-6-4-5-7-10(9)12/h4-7H,8H2,1-3H3. The quantitative estimate of drug-likeness (QED) is 0.566. The van der Waals surface area contributed by atoms with Gasteiger partial charge in [0.25, 0.3) is 0 Å². The minimum atomic E-state index is -0.290. The summed E-state index contributed by atoms with van der Waals surface area (Å²) >= 11 is 5.94. The molecule has 1 rings (SSSR count). The van der Waals surface area contributed by atoms with Gasteiger partial charge in [-0.3, -0.25) is 0 Å². The third-order valence-corrected chi connectivity index (χ3v) is 1.85. The summed E-state index contributed by atoms with van der Waals surface area (Å²) in [5.41, 5.74) is 0.639. The first-order chi connectivity index (χ1) is 6.49. The van der Waals surface area contributed by atoms with Crippen LogP contribution in [0.1, 0.15) is 26.3 Å². The van der Waals surface area contributed by atoms with Crippen molar-refractivity contribution in [1.82, 2.24) is 0 Å². The third kappa shape index (κ3) is 4.09. The first-order valence-electron chi connectivity index (χ1n) is 4.53. The van der Waals surface area contributed by atoms with Gasteiger partial charge < -0.3 is 0 Å². The lowest BCUT2D eigenvalue weighted by Gasteiger charge is -2.17. The van der Waals surface area contributed by atoms with E-state index < -0.39 is 0 Å². The second-order valence-corrected chi connectivity index (χ2v) is 4.46. The van der Waals surface area contributed by atoms with Crippen molar-refractivity contribution in [2.75, 3.05) is 0 Å². The number of halogens is 1. The van der Waals surface area contributed by atoms with Crippen LogP contribution in [0, 0.1) is 0 Å². The van der Waals surface area contributed by atoms with Crippen LogP contribution in [0.5, 0.6) is 0 Å². The Kier molecular flexibility index (Phi) is 3.93. The summed E-state index contributed by atoms with van der Waals surface area (Å²) < 4.78 is 0. The maximum atomic E-state index is 5.94. The summed E-state index contributed by atoms with van der Waals surface area (Å²) in [6, 6.07) is 7.55. The summed E-state index contributed by atoms with van der Waals surface area (Å²) in [4.78, 5) is 10.2. The minimum absolute atomic E-state index is 0.290. The molecule has 0 fully saturated rings. The Hall–Kier alpha value is -0.570. The zero-order valence-electron chi connectivity index (χ0n) is 8.71. The molecule has 1 aromatic rings. The molecule has 0 aliphatic carbocycles. The number of hydrogen-bond acceptors (Lipinski definition) is 2. The topological polar surface area (TPSA) is 18.5 Å². The second-order valence-electron chi connectivity index (χ2n) is 4.05. The van der Waals surface area contributed by atoms with Gasteiger partial charge in [-0.2, -0.15) is 0 Å². The van der Waals surface area contributed by atoms with E-state index >= 15 is 0 Å². The van der Waals surface area contributed by atoms with Gasteiger partial charge in [-0.25, -0.2) is 9.78 Å². The maximum Gasteiger partial charge on any atom is 0.109 e. The first-order valence-corrected chi connectivity index (χ1v) is 4.91. The maximum absolute atomic E-state index is 5.94. The summed E-state index contributed by atoms with van der Waals surface area (Å²) in [6.45, 7) is 6.16. The Morgan fingerprint density at radius 1 is 1.21 bits per heavy atom. The predicted molar refractivity (Wildman–Crippen MR) is 57.1 cm³/mol. The highest BCUT2D eigenvalue weighted by molar-refractivity contribution is 6.31. The fourth-order valence-electron chi connectivity index (χ4n) is 0.885. The van der Waals surface area contributed by atoms with Crippen molar-refractivity contribution in [2.24, 2.45) is 0 Å². The van der Waals surface area contributed by atoms with E-state index in [0.717, 1.165) is 5.56 Å². The van der Waals surface area contributed by atoms with E-state index in [-0.39, 0.29) is 5.60 Å². The summed E-state index contributed by atoms with van der Waals surface area (Å²) in [5, 5.41) is 0.699. The van der Waals surface area contributed by atoms with E-state index in [9.17, 15) is 0 Å². The van der Waals surface area contributed by atoms with Gasteiger partial charge in [0.15, 0.2) is 0 Å². The Labute approximate surface area is 89.7 Å². The molecule has 14 heavy (non-hydrogen) atoms. The van der Waals surface area contributed by atoms with Crippen LogP contribution in [0.15, 0.2) is 24.3 Å². The lowest BCUT2D eigenvalue weighted by atomic mass is 10.2. The van der Waals surface area contributed by atoms with Gasteiger partial charge in [-0.05, 0) is 32.4 Å². The lowest BCUT2D eigenvalue weighted by Crippen LogP contribution is -2.19. The predicted octanol–water partition coefficient (Wildman–Crippen LogP) is 3.59.